The number of amides is 1. The van der Waals surface area contributed by atoms with E-state index in [9.17, 15) is 4.79 Å². The number of ether oxygens (including phenoxy) is 1. The van der Waals surface area contributed by atoms with E-state index in [-0.39, 0.29) is 5.91 Å². The van der Waals surface area contributed by atoms with Crippen LogP contribution in [0, 0.1) is 20.8 Å². The number of pyridine rings is 1. The zero-order valence-electron chi connectivity index (χ0n) is 19.2. The van der Waals surface area contributed by atoms with E-state index in [4.69, 9.17) is 4.74 Å². The SMILES string of the molecule is Cc1cccc(Cn2c(C)c(N3CCOCC3)c(C)c2C(=O)NCCc2ccccn2)c1. The maximum Gasteiger partial charge on any atom is 0.268 e. The van der Waals surface area contributed by atoms with Crippen molar-refractivity contribution in [1.29, 1.82) is 0 Å². The monoisotopic (exact) mass is 432 g/mol. The van der Waals surface area contributed by atoms with Crippen molar-refractivity contribution in [2.45, 2.75) is 33.7 Å². The Morgan fingerprint density at radius 1 is 1.09 bits per heavy atom. The van der Waals surface area contributed by atoms with Crippen molar-refractivity contribution < 1.29 is 9.53 Å². The zero-order valence-corrected chi connectivity index (χ0v) is 19.2. The first-order chi connectivity index (χ1) is 15.5. The van der Waals surface area contributed by atoms with Gasteiger partial charge in [-0.15, -0.1) is 0 Å². The maximum absolute atomic E-state index is 13.4. The molecule has 0 unspecified atom stereocenters. The second kappa shape index (κ2) is 10.0. The Morgan fingerprint density at radius 3 is 2.62 bits per heavy atom. The molecule has 4 rings (SSSR count). The van der Waals surface area contributed by atoms with Gasteiger partial charge in [0, 0.05) is 55.7 Å². The highest BCUT2D eigenvalue weighted by Gasteiger charge is 2.26. The van der Waals surface area contributed by atoms with Crippen LogP contribution in [0.5, 0.6) is 0 Å². The molecule has 2 aromatic heterocycles. The van der Waals surface area contributed by atoms with Crippen molar-refractivity contribution in [3.05, 3.63) is 82.4 Å². The summed E-state index contributed by atoms with van der Waals surface area (Å²) in [5.41, 5.74) is 7.46. The lowest BCUT2D eigenvalue weighted by molar-refractivity contribution is 0.0944. The highest BCUT2D eigenvalue weighted by Crippen LogP contribution is 2.32. The van der Waals surface area contributed by atoms with Crippen LogP contribution in [0.15, 0.2) is 48.7 Å². The van der Waals surface area contributed by atoms with Crippen LogP contribution >= 0.6 is 0 Å². The van der Waals surface area contributed by atoms with Crippen LogP contribution in [0.25, 0.3) is 0 Å². The molecular formula is C26H32N4O2. The van der Waals surface area contributed by atoms with E-state index >= 15 is 0 Å². The van der Waals surface area contributed by atoms with Crippen molar-refractivity contribution >= 4 is 11.6 Å². The molecule has 0 bridgehead atoms. The molecule has 0 aliphatic carbocycles. The average Bonchev–Trinajstić information content (AvgIpc) is 3.04. The number of aryl methyl sites for hydroxylation is 1. The molecule has 1 aliphatic heterocycles. The summed E-state index contributed by atoms with van der Waals surface area (Å²) in [5, 5.41) is 3.13. The van der Waals surface area contributed by atoms with Crippen molar-refractivity contribution in [3.8, 4) is 0 Å². The van der Waals surface area contributed by atoms with E-state index < -0.39 is 0 Å². The first kappa shape index (κ1) is 22.1. The normalized spacial score (nSPS) is 13.9. The van der Waals surface area contributed by atoms with Gasteiger partial charge in [-0.05, 0) is 38.5 Å². The largest absolute Gasteiger partial charge is 0.378 e. The molecule has 0 atom stereocenters. The molecule has 1 aliphatic rings. The fourth-order valence-electron chi connectivity index (χ4n) is 4.55. The molecule has 6 heteroatoms. The third-order valence-corrected chi connectivity index (χ3v) is 6.09. The van der Waals surface area contributed by atoms with Gasteiger partial charge in [0.15, 0.2) is 0 Å². The summed E-state index contributed by atoms with van der Waals surface area (Å²) in [7, 11) is 0. The van der Waals surface area contributed by atoms with Gasteiger partial charge in [0.1, 0.15) is 5.69 Å². The molecule has 3 heterocycles. The fourth-order valence-corrected chi connectivity index (χ4v) is 4.55. The van der Waals surface area contributed by atoms with Gasteiger partial charge >= 0.3 is 0 Å². The quantitative estimate of drug-likeness (QED) is 0.619. The van der Waals surface area contributed by atoms with E-state index in [0.29, 0.717) is 32.7 Å². The van der Waals surface area contributed by atoms with Gasteiger partial charge in [-0.25, -0.2) is 0 Å². The van der Waals surface area contributed by atoms with Gasteiger partial charge in [-0.3, -0.25) is 9.78 Å². The van der Waals surface area contributed by atoms with Crippen molar-refractivity contribution in [1.82, 2.24) is 14.9 Å². The summed E-state index contributed by atoms with van der Waals surface area (Å²) in [5.74, 6) is -0.0336. The molecule has 168 valence electrons. The highest BCUT2D eigenvalue weighted by molar-refractivity contribution is 5.96. The van der Waals surface area contributed by atoms with E-state index in [0.717, 1.165) is 41.4 Å². The number of carbonyl (C=O) groups is 1. The summed E-state index contributed by atoms with van der Waals surface area (Å²) >= 11 is 0. The number of benzene rings is 1. The molecule has 32 heavy (non-hydrogen) atoms. The topological polar surface area (TPSA) is 59.4 Å². The van der Waals surface area contributed by atoms with Crippen LogP contribution < -0.4 is 10.2 Å². The predicted octanol–water partition coefficient (Wildman–Crippen LogP) is 3.67. The summed E-state index contributed by atoms with van der Waals surface area (Å²) in [6.07, 6.45) is 2.49. The Labute approximate surface area is 190 Å². The minimum atomic E-state index is -0.0336. The molecule has 0 saturated carbocycles. The molecule has 1 N–H and O–H groups in total. The number of morpholine rings is 1. The van der Waals surface area contributed by atoms with E-state index in [1.54, 1.807) is 6.20 Å². The second-order valence-electron chi connectivity index (χ2n) is 8.41. The van der Waals surface area contributed by atoms with E-state index in [1.807, 2.05) is 18.2 Å². The second-order valence-corrected chi connectivity index (χ2v) is 8.41. The Bertz CT molecular complexity index is 1070. The fraction of sp³-hybridized carbons (Fsp3) is 0.385. The number of nitrogens with zero attached hydrogens (tertiary/aromatic N) is 3. The third kappa shape index (κ3) is 4.86. The Kier molecular flexibility index (Phi) is 6.90. The number of hydrogen-bond acceptors (Lipinski definition) is 4. The van der Waals surface area contributed by atoms with Crippen LogP contribution in [-0.2, 0) is 17.7 Å². The predicted molar refractivity (Wildman–Crippen MR) is 127 cm³/mol. The Hall–Kier alpha value is -3.12. The Balaban J connectivity index is 1.62. The lowest BCUT2D eigenvalue weighted by Crippen LogP contribution is -2.36. The number of carbonyl (C=O) groups excluding carboxylic acids is 1. The first-order valence-corrected chi connectivity index (χ1v) is 11.3. The van der Waals surface area contributed by atoms with Gasteiger partial charge in [-0.2, -0.15) is 0 Å². The molecule has 0 spiro atoms. The highest BCUT2D eigenvalue weighted by atomic mass is 16.5. The number of rotatable bonds is 7. The summed E-state index contributed by atoms with van der Waals surface area (Å²) in [6.45, 7) is 10.6. The zero-order chi connectivity index (χ0) is 22.5. The third-order valence-electron chi connectivity index (χ3n) is 6.09. The van der Waals surface area contributed by atoms with Crippen molar-refractivity contribution in [2.75, 3.05) is 37.7 Å². The minimum absolute atomic E-state index is 0.0336. The Morgan fingerprint density at radius 2 is 1.91 bits per heavy atom. The van der Waals surface area contributed by atoms with Crippen LogP contribution in [-0.4, -0.2) is 48.3 Å². The lowest BCUT2D eigenvalue weighted by atomic mass is 10.1. The van der Waals surface area contributed by atoms with Crippen LogP contribution in [0.4, 0.5) is 5.69 Å². The summed E-state index contributed by atoms with van der Waals surface area (Å²) in [6, 6.07) is 14.3. The summed E-state index contributed by atoms with van der Waals surface area (Å²) < 4.78 is 7.73. The molecule has 1 aromatic carbocycles. The van der Waals surface area contributed by atoms with Crippen LogP contribution in [0.3, 0.4) is 0 Å². The van der Waals surface area contributed by atoms with Gasteiger partial charge in [0.2, 0.25) is 0 Å². The van der Waals surface area contributed by atoms with Crippen LogP contribution in [0.2, 0.25) is 0 Å². The van der Waals surface area contributed by atoms with E-state index in [2.05, 4.69) is 64.8 Å². The van der Waals surface area contributed by atoms with Gasteiger partial charge in [0.25, 0.3) is 5.91 Å². The maximum atomic E-state index is 13.4. The molecule has 1 amide bonds. The molecule has 0 radical (unpaired) electrons. The first-order valence-electron chi connectivity index (χ1n) is 11.3. The van der Waals surface area contributed by atoms with Crippen LogP contribution in [0.1, 0.15) is 38.6 Å². The molecule has 3 aromatic rings. The van der Waals surface area contributed by atoms with E-state index in [1.165, 1.54) is 11.1 Å². The average molecular weight is 433 g/mol. The number of hydrogen-bond donors (Lipinski definition) is 1. The van der Waals surface area contributed by atoms with Crippen molar-refractivity contribution in [3.63, 3.8) is 0 Å². The minimum Gasteiger partial charge on any atom is -0.378 e. The number of nitrogens with one attached hydrogen (secondary N) is 1. The smallest absolute Gasteiger partial charge is 0.268 e. The lowest BCUT2D eigenvalue weighted by Gasteiger charge is -2.29. The van der Waals surface area contributed by atoms with Gasteiger partial charge < -0.3 is 19.5 Å². The molecular weight excluding hydrogens is 400 g/mol. The van der Waals surface area contributed by atoms with Gasteiger partial charge in [-0.1, -0.05) is 35.9 Å². The molecule has 1 fully saturated rings. The molecule has 1 saturated heterocycles. The molecule has 6 nitrogen and oxygen atoms in total. The number of anilines is 1. The van der Waals surface area contributed by atoms with Gasteiger partial charge in [0.05, 0.1) is 18.9 Å². The van der Waals surface area contributed by atoms with Crippen molar-refractivity contribution in [2.24, 2.45) is 0 Å². The summed E-state index contributed by atoms with van der Waals surface area (Å²) in [4.78, 5) is 20.1. The standard InChI is InChI=1S/C26H32N4O2/c1-19-7-6-8-22(17-19)18-30-21(3)24(29-13-15-32-16-14-29)20(2)25(30)26(31)28-12-10-23-9-4-5-11-27-23/h4-9,11,17H,10,12-16,18H2,1-3H3,(H,28,31). The number of aromatic nitrogens is 2.